The van der Waals surface area contributed by atoms with E-state index in [1.165, 1.54) is 7.11 Å². The maximum atomic E-state index is 13.1. The summed E-state index contributed by atoms with van der Waals surface area (Å²) in [7, 11) is 1.32. The monoisotopic (exact) mass is 567 g/mol. The summed E-state index contributed by atoms with van der Waals surface area (Å²) in [6.07, 6.45) is 3.24. The number of carbonyl (C=O) groups excluding carboxylic acids is 2. The predicted molar refractivity (Wildman–Crippen MR) is 141 cm³/mol. The number of halogens is 2. The van der Waals surface area contributed by atoms with E-state index < -0.39 is 5.97 Å². The zero-order chi connectivity index (χ0) is 25.2. The van der Waals surface area contributed by atoms with Crippen molar-refractivity contribution >= 4 is 50.9 Å². The molecule has 10 heteroatoms. The Bertz CT molecular complexity index is 1450. The minimum Gasteiger partial charge on any atom is -0.465 e. The summed E-state index contributed by atoms with van der Waals surface area (Å²) in [4.78, 5) is 31.5. The molecule has 1 aliphatic rings. The minimum absolute atomic E-state index is 0.0949. The van der Waals surface area contributed by atoms with Crippen molar-refractivity contribution in [2.75, 3.05) is 25.5 Å². The Balaban J connectivity index is 1.32. The van der Waals surface area contributed by atoms with Gasteiger partial charge in [0.25, 0.3) is 5.91 Å². The molecule has 0 spiro atoms. The largest absolute Gasteiger partial charge is 0.465 e. The highest BCUT2D eigenvalue weighted by atomic mass is 79.9. The van der Waals surface area contributed by atoms with Gasteiger partial charge in [-0.2, -0.15) is 9.61 Å². The van der Waals surface area contributed by atoms with Crippen LogP contribution in [0, 0.1) is 0 Å². The van der Waals surface area contributed by atoms with Gasteiger partial charge in [-0.1, -0.05) is 35.9 Å². The number of fused-ring (bicyclic) bond motifs is 1. The standard InChI is InChI=1S/C26H23BrClN5O3/c1-36-26(35)17-6-4-5-16(13-17)25(34)32-11-9-18(10-12-32)30-23-14-22(19-7-2-3-8-21(19)28)31-24-20(27)15-29-33(23)24/h2-8,13-15,18,30H,9-12H2,1H3. The Morgan fingerprint density at radius 2 is 1.83 bits per heavy atom. The molecule has 1 fully saturated rings. The fraction of sp³-hybridized carbons (Fsp3) is 0.231. The van der Waals surface area contributed by atoms with Crippen molar-refractivity contribution < 1.29 is 14.3 Å². The van der Waals surface area contributed by atoms with Crippen molar-refractivity contribution in [1.29, 1.82) is 0 Å². The lowest BCUT2D eigenvalue weighted by atomic mass is 10.0. The van der Waals surface area contributed by atoms with Crippen LogP contribution >= 0.6 is 27.5 Å². The lowest BCUT2D eigenvalue weighted by Gasteiger charge is -2.33. The van der Waals surface area contributed by atoms with Crippen LogP contribution in [0.3, 0.4) is 0 Å². The summed E-state index contributed by atoms with van der Waals surface area (Å²) < 4.78 is 7.32. The third-order valence-corrected chi connectivity index (χ3v) is 7.13. The van der Waals surface area contributed by atoms with Gasteiger partial charge in [0.05, 0.1) is 29.0 Å². The van der Waals surface area contributed by atoms with Crippen LogP contribution in [0.1, 0.15) is 33.6 Å². The van der Waals surface area contributed by atoms with Crippen molar-refractivity contribution in [3.63, 3.8) is 0 Å². The number of carbonyl (C=O) groups is 2. The molecule has 0 saturated carbocycles. The first kappa shape index (κ1) is 24.3. The van der Waals surface area contributed by atoms with Crippen LogP contribution in [0.15, 0.2) is 65.3 Å². The molecule has 3 heterocycles. The predicted octanol–water partition coefficient (Wildman–Crippen LogP) is 5.32. The van der Waals surface area contributed by atoms with Crippen LogP contribution in [0.5, 0.6) is 0 Å². The van der Waals surface area contributed by atoms with Crippen molar-refractivity contribution in [1.82, 2.24) is 19.5 Å². The van der Waals surface area contributed by atoms with E-state index in [-0.39, 0.29) is 11.9 Å². The van der Waals surface area contributed by atoms with E-state index in [1.54, 1.807) is 35.0 Å². The van der Waals surface area contributed by atoms with Crippen LogP contribution in [0.25, 0.3) is 16.9 Å². The van der Waals surface area contributed by atoms with E-state index in [0.29, 0.717) is 34.9 Å². The third kappa shape index (κ3) is 4.81. The maximum absolute atomic E-state index is 13.1. The summed E-state index contributed by atoms with van der Waals surface area (Å²) in [6.45, 7) is 1.18. The first-order valence-corrected chi connectivity index (χ1v) is 12.6. The van der Waals surface area contributed by atoms with Gasteiger partial charge in [-0.3, -0.25) is 4.79 Å². The molecule has 1 amide bonds. The van der Waals surface area contributed by atoms with Crippen LogP contribution in [0.4, 0.5) is 5.82 Å². The molecule has 5 rings (SSSR count). The molecule has 0 atom stereocenters. The molecular formula is C26H23BrClN5O3. The summed E-state index contributed by atoms with van der Waals surface area (Å²) in [5.74, 6) is 0.247. The average molecular weight is 569 g/mol. The van der Waals surface area contributed by atoms with E-state index in [4.69, 9.17) is 21.3 Å². The molecule has 0 bridgehead atoms. The molecule has 8 nitrogen and oxygen atoms in total. The first-order chi connectivity index (χ1) is 17.4. The molecule has 2 aromatic carbocycles. The second-order valence-electron chi connectivity index (χ2n) is 8.52. The number of esters is 1. The van der Waals surface area contributed by atoms with Crippen molar-refractivity contribution in [3.8, 4) is 11.3 Å². The van der Waals surface area contributed by atoms with Gasteiger partial charge in [0.2, 0.25) is 0 Å². The highest BCUT2D eigenvalue weighted by Gasteiger charge is 2.25. The quantitative estimate of drug-likeness (QED) is 0.328. The molecule has 184 valence electrons. The topological polar surface area (TPSA) is 88.8 Å². The van der Waals surface area contributed by atoms with E-state index in [1.807, 2.05) is 35.2 Å². The van der Waals surface area contributed by atoms with Crippen molar-refractivity contribution in [3.05, 3.63) is 81.4 Å². The van der Waals surface area contributed by atoms with Crippen molar-refractivity contribution in [2.24, 2.45) is 0 Å². The van der Waals surface area contributed by atoms with Gasteiger partial charge in [-0.05, 0) is 53.0 Å². The van der Waals surface area contributed by atoms with Gasteiger partial charge < -0.3 is 15.0 Å². The number of anilines is 1. The Hall–Kier alpha value is -3.43. The number of aromatic nitrogens is 3. The highest BCUT2D eigenvalue weighted by molar-refractivity contribution is 9.10. The van der Waals surface area contributed by atoms with Crippen LogP contribution < -0.4 is 5.32 Å². The van der Waals surface area contributed by atoms with Gasteiger partial charge in [0.15, 0.2) is 5.65 Å². The molecule has 36 heavy (non-hydrogen) atoms. The Labute approximate surface area is 221 Å². The Kier molecular flexibility index (Phi) is 6.93. The Morgan fingerprint density at radius 3 is 2.58 bits per heavy atom. The number of methoxy groups -OCH3 is 1. The van der Waals surface area contributed by atoms with E-state index in [9.17, 15) is 9.59 Å². The summed E-state index contributed by atoms with van der Waals surface area (Å²) in [5.41, 5.74) is 3.11. The van der Waals surface area contributed by atoms with Crippen LogP contribution in [-0.4, -0.2) is 57.6 Å². The molecule has 4 aromatic rings. The second kappa shape index (κ2) is 10.3. The fourth-order valence-electron chi connectivity index (χ4n) is 4.36. The van der Waals surface area contributed by atoms with Crippen LogP contribution in [0.2, 0.25) is 5.02 Å². The molecule has 1 N–H and O–H groups in total. The SMILES string of the molecule is COC(=O)c1cccc(C(=O)N2CCC(Nc3cc(-c4ccccc4Cl)nc4c(Br)cnn34)CC2)c1. The van der Waals surface area contributed by atoms with Gasteiger partial charge in [-0.25, -0.2) is 9.78 Å². The number of hydrogen-bond acceptors (Lipinski definition) is 6. The van der Waals surface area contributed by atoms with E-state index in [0.717, 1.165) is 34.4 Å². The van der Waals surface area contributed by atoms with E-state index in [2.05, 4.69) is 26.3 Å². The zero-order valence-electron chi connectivity index (χ0n) is 19.4. The summed E-state index contributed by atoms with van der Waals surface area (Å²) in [5, 5.41) is 8.68. The molecule has 0 unspecified atom stereocenters. The molecule has 2 aromatic heterocycles. The smallest absolute Gasteiger partial charge is 0.337 e. The second-order valence-corrected chi connectivity index (χ2v) is 9.78. The minimum atomic E-state index is -0.461. The zero-order valence-corrected chi connectivity index (χ0v) is 21.8. The molecule has 0 aliphatic carbocycles. The summed E-state index contributed by atoms with van der Waals surface area (Å²) in [6, 6.07) is 16.3. The number of ether oxygens (including phenoxy) is 1. The molecule has 1 saturated heterocycles. The number of likely N-dealkylation sites (tertiary alicyclic amines) is 1. The van der Waals surface area contributed by atoms with Gasteiger partial charge in [0.1, 0.15) is 5.82 Å². The van der Waals surface area contributed by atoms with Crippen LogP contribution in [-0.2, 0) is 4.74 Å². The van der Waals surface area contributed by atoms with Crippen molar-refractivity contribution in [2.45, 2.75) is 18.9 Å². The normalized spacial score (nSPS) is 14.1. The molecular weight excluding hydrogens is 546 g/mol. The Morgan fingerprint density at radius 1 is 1.08 bits per heavy atom. The maximum Gasteiger partial charge on any atom is 0.337 e. The molecule has 1 aliphatic heterocycles. The lowest BCUT2D eigenvalue weighted by Crippen LogP contribution is -2.42. The third-order valence-electron chi connectivity index (χ3n) is 6.24. The highest BCUT2D eigenvalue weighted by Crippen LogP contribution is 2.31. The van der Waals surface area contributed by atoms with Gasteiger partial charge in [0, 0.05) is 41.3 Å². The number of rotatable bonds is 5. The fourth-order valence-corrected chi connectivity index (χ4v) is 4.94. The number of nitrogens with zero attached hydrogens (tertiary/aromatic N) is 4. The first-order valence-electron chi connectivity index (χ1n) is 11.5. The van der Waals surface area contributed by atoms with Gasteiger partial charge >= 0.3 is 5.97 Å². The summed E-state index contributed by atoms with van der Waals surface area (Å²) >= 11 is 9.98. The van der Waals surface area contributed by atoms with E-state index >= 15 is 0 Å². The number of amides is 1. The number of benzene rings is 2. The lowest BCUT2D eigenvalue weighted by molar-refractivity contribution is 0.0600. The van der Waals surface area contributed by atoms with Gasteiger partial charge in [-0.15, -0.1) is 0 Å². The number of piperidine rings is 1. The molecule has 0 radical (unpaired) electrons. The average Bonchev–Trinajstić information content (AvgIpc) is 3.29. The number of hydrogen-bond donors (Lipinski definition) is 1. The number of nitrogens with one attached hydrogen (secondary N) is 1.